The van der Waals surface area contributed by atoms with Crippen LogP contribution in [-0.4, -0.2) is 44.7 Å². The molecule has 2 N–H and O–H groups in total. The molecule has 0 radical (unpaired) electrons. The molecule has 0 saturated heterocycles. The summed E-state index contributed by atoms with van der Waals surface area (Å²) in [4.78, 5) is 21.5. The predicted molar refractivity (Wildman–Crippen MR) is 55.3 cm³/mol. The molecule has 0 fully saturated rings. The Morgan fingerprint density at radius 1 is 1.42 bits per heavy atom. The van der Waals surface area contributed by atoms with Crippen molar-refractivity contribution in [1.29, 1.82) is 0 Å². The Kier molecular flexibility index (Phi) is 4.84. The van der Waals surface area contributed by atoms with Crippen LogP contribution in [0.1, 0.15) is 23.3 Å². The van der Waals surface area contributed by atoms with Crippen LogP contribution in [0.4, 0.5) is 13.2 Å². The molecule has 19 heavy (non-hydrogen) atoms. The molecule has 1 aromatic rings. The maximum atomic E-state index is 11.8. The van der Waals surface area contributed by atoms with Crippen molar-refractivity contribution >= 4 is 11.9 Å². The second kappa shape index (κ2) is 6.16. The summed E-state index contributed by atoms with van der Waals surface area (Å²) in [5.74, 6) is -1.96. The molecule has 0 unspecified atom stereocenters. The van der Waals surface area contributed by atoms with E-state index in [-0.39, 0.29) is 18.8 Å². The zero-order valence-electron chi connectivity index (χ0n) is 9.65. The van der Waals surface area contributed by atoms with Gasteiger partial charge in [0, 0.05) is 13.0 Å². The Morgan fingerprint density at radius 3 is 2.63 bits per heavy atom. The van der Waals surface area contributed by atoms with Crippen molar-refractivity contribution in [1.82, 2.24) is 20.3 Å². The highest BCUT2D eigenvalue weighted by molar-refractivity contribution is 5.84. The summed E-state index contributed by atoms with van der Waals surface area (Å²) in [6.07, 6.45) is -5.02. The first kappa shape index (κ1) is 14.9. The maximum absolute atomic E-state index is 11.8. The van der Waals surface area contributed by atoms with Crippen molar-refractivity contribution in [3.8, 4) is 0 Å². The first-order chi connectivity index (χ1) is 8.78. The van der Waals surface area contributed by atoms with Crippen molar-refractivity contribution in [3.63, 3.8) is 0 Å². The number of halogens is 3. The van der Waals surface area contributed by atoms with Gasteiger partial charge in [-0.15, -0.1) is 5.10 Å². The van der Waals surface area contributed by atoms with Gasteiger partial charge < -0.3 is 10.4 Å². The third kappa shape index (κ3) is 5.84. The van der Waals surface area contributed by atoms with Gasteiger partial charge >= 0.3 is 12.1 Å². The number of carbonyl (C=O) groups excluding carboxylic acids is 1. The van der Waals surface area contributed by atoms with E-state index in [0.717, 1.165) is 6.20 Å². The number of alkyl halides is 3. The lowest BCUT2D eigenvalue weighted by molar-refractivity contribution is -0.144. The minimum Gasteiger partial charge on any atom is -0.476 e. The third-order valence-electron chi connectivity index (χ3n) is 2.06. The summed E-state index contributed by atoms with van der Waals surface area (Å²) >= 11 is 0. The number of aromatic nitrogens is 3. The number of hydrogen-bond acceptors (Lipinski definition) is 4. The van der Waals surface area contributed by atoms with E-state index in [4.69, 9.17) is 5.11 Å². The molecule has 0 saturated carbocycles. The quantitative estimate of drug-likeness (QED) is 0.787. The summed E-state index contributed by atoms with van der Waals surface area (Å²) in [5.41, 5.74) is -0.247. The molecule has 0 aliphatic carbocycles. The average Bonchev–Trinajstić information content (AvgIpc) is 2.74. The smallest absolute Gasteiger partial charge is 0.389 e. The van der Waals surface area contributed by atoms with E-state index in [1.807, 2.05) is 0 Å². The summed E-state index contributed by atoms with van der Waals surface area (Å²) in [6.45, 7) is 0.164. The van der Waals surface area contributed by atoms with Crippen molar-refractivity contribution in [2.45, 2.75) is 25.6 Å². The molecule has 106 valence electrons. The van der Waals surface area contributed by atoms with Gasteiger partial charge in [0.05, 0.1) is 19.2 Å². The predicted octanol–water partition coefficient (Wildman–Crippen LogP) is 0.435. The largest absolute Gasteiger partial charge is 0.476 e. The molecule has 7 nitrogen and oxygen atoms in total. The molecule has 0 aromatic carbocycles. The second-order valence-electron chi connectivity index (χ2n) is 3.64. The highest BCUT2D eigenvalue weighted by atomic mass is 19.4. The van der Waals surface area contributed by atoms with Gasteiger partial charge in [0.25, 0.3) is 0 Å². The van der Waals surface area contributed by atoms with Crippen LogP contribution in [0.3, 0.4) is 0 Å². The molecular formula is C9H11F3N4O3. The molecule has 1 rings (SSSR count). The minimum absolute atomic E-state index is 0.0408. The first-order valence-electron chi connectivity index (χ1n) is 5.25. The van der Waals surface area contributed by atoms with Gasteiger partial charge in [-0.3, -0.25) is 4.79 Å². The lowest BCUT2D eigenvalue weighted by Gasteiger charge is -2.07. The molecule has 1 heterocycles. The van der Waals surface area contributed by atoms with Gasteiger partial charge in [0.15, 0.2) is 5.69 Å². The maximum Gasteiger partial charge on any atom is 0.389 e. The summed E-state index contributed by atoms with van der Waals surface area (Å²) in [7, 11) is 0. The van der Waals surface area contributed by atoms with Gasteiger partial charge in [-0.1, -0.05) is 5.21 Å². The van der Waals surface area contributed by atoms with E-state index in [1.165, 1.54) is 4.68 Å². The van der Waals surface area contributed by atoms with Gasteiger partial charge in [0.2, 0.25) is 5.91 Å². The molecule has 1 amide bonds. The van der Waals surface area contributed by atoms with Gasteiger partial charge in [-0.25, -0.2) is 9.48 Å². The minimum atomic E-state index is -4.36. The molecule has 10 heteroatoms. The number of aromatic carboxylic acids is 1. The number of hydrogen-bond donors (Lipinski definition) is 2. The lowest BCUT2D eigenvalue weighted by Crippen LogP contribution is -2.28. The highest BCUT2D eigenvalue weighted by Gasteiger charge is 2.27. The fourth-order valence-corrected chi connectivity index (χ4v) is 1.16. The SMILES string of the molecule is O=C(CCC(F)(F)F)NCCn1cc(C(=O)O)nn1. The van der Waals surface area contributed by atoms with Crippen LogP contribution in [0.2, 0.25) is 0 Å². The normalized spacial score (nSPS) is 11.3. The third-order valence-corrected chi connectivity index (χ3v) is 2.06. The second-order valence-corrected chi connectivity index (χ2v) is 3.64. The van der Waals surface area contributed by atoms with E-state index in [9.17, 15) is 22.8 Å². The topological polar surface area (TPSA) is 97.1 Å². The Hall–Kier alpha value is -2.13. The number of carbonyl (C=O) groups is 2. The van der Waals surface area contributed by atoms with Crippen LogP contribution in [-0.2, 0) is 11.3 Å². The van der Waals surface area contributed by atoms with Gasteiger partial charge in [0.1, 0.15) is 0 Å². The fraction of sp³-hybridized carbons (Fsp3) is 0.556. The summed E-state index contributed by atoms with van der Waals surface area (Å²) in [6, 6.07) is 0. The van der Waals surface area contributed by atoms with E-state index in [1.54, 1.807) is 0 Å². The zero-order chi connectivity index (χ0) is 14.5. The number of amides is 1. The molecule has 0 spiro atoms. The number of nitrogens with one attached hydrogen (secondary N) is 1. The van der Waals surface area contributed by atoms with Crippen molar-refractivity contribution in [2.24, 2.45) is 0 Å². The summed E-state index contributed by atoms with van der Waals surface area (Å²) in [5, 5.41) is 17.6. The van der Waals surface area contributed by atoms with Crippen LogP contribution in [0.15, 0.2) is 6.20 Å². The molecule has 0 atom stereocenters. The van der Waals surface area contributed by atoms with Gasteiger partial charge in [-0.05, 0) is 0 Å². The standard InChI is InChI=1S/C9H11F3N4O3/c10-9(11,12)2-1-7(17)13-3-4-16-5-6(8(18)19)14-15-16/h5H,1-4H2,(H,13,17)(H,18,19). The Bertz CT molecular complexity index is 458. The molecule has 1 aromatic heterocycles. The number of carboxylic acids is 1. The van der Waals surface area contributed by atoms with Crippen LogP contribution < -0.4 is 5.32 Å². The van der Waals surface area contributed by atoms with Gasteiger partial charge in [-0.2, -0.15) is 13.2 Å². The molecule has 0 aliphatic heterocycles. The van der Waals surface area contributed by atoms with E-state index in [0.29, 0.717) is 0 Å². The van der Waals surface area contributed by atoms with Crippen LogP contribution in [0.25, 0.3) is 0 Å². The van der Waals surface area contributed by atoms with Crippen LogP contribution >= 0.6 is 0 Å². The van der Waals surface area contributed by atoms with Crippen LogP contribution in [0, 0.1) is 0 Å². The average molecular weight is 280 g/mol. The van der Waals surface area contributed by atoms with Crippen molar-refractivity contribution in [2.75, 3.05) is 6.54 Å². The monoisotopic (exact) mass is 280 g/mol. The molecular weight excluding hydrogens is 269 g/mol. The lowest BCUT2D eigenvalue weighted by atomic mass is 10.3. The summed E-state index contributed by atoms with van der Waals surface area (Å²) < 4.78 is 36.6. The Labute approximate surface area is 105 Å². The number of carboxylic acid groups (broad SMARTS) is 1. The first-order valence-corrected chi connectivity index (χ1v) is 5.25. The number of nitrogens with zero attached hydrogens (tertiary/aromatic N) is 3. The van der Waals surface area contributed by atoms with Crippen LogP contribution in [0.5, 0.6) is 0 Å². The molecule has 0 bridgehead atoms. The molecule has 0 aliphatic rings. The van der Waals surface area contributed by atoms with E-state index < -0.39 is 30.9 Å². The highest BCUT2D eigenvalue weighted by Crippen LogP contribution is 2.20. The fourth-order valence-electron chi connectivity index (χ4n) is 1.16. The Balaban J connectivity index is 2.26. The zero-order valence-corrected chi connectivity index (χ0v) is 9.65. The number of rotatable bonds is 6. The van der Waals surface area contributed by atoms with E-state index >= 15 is 0 Å². The van der Waals surface area contributed by atoms with E-state index in [2.05, 4.69) is 15.6 Å². The van der Waals surface area contributed by atoms with Crippen molar-refractivity contribution < 1.29 is 27.9 Å². The Morgan fingerprint density at radius 2 is 2.11 bits per heavy atom. The van der Waals surface area contributed by atoms with Crippen molar-refractivity contribution in [3.05, 3.63) is 11.9 Å².